The van der Waals surface area contributed by atoms with Crippen LogP contribution in [0.5, 0.6) is 0 Å². The molecule has 1 saturated heterocycles. The second-order valence-electron chi connectivity index (χ2n) is 5.13. The number of anilines is 1. The summed E-state index contributed by atoms with van der Waals surface area (Å²) < 4.78 is 25.8. The molecule has 1 aromatic carbocycles. The maximum atomic E-state index is 11.6. The summed E-state index contributed by atoms with van der Waals surface area (Å²) in [6, 6.07) is 8.10. The van der Waals surface area contributed by atoms with Gasteiger partial charge < -0.3 is 4.90 Å². The zero-order chi connectivity index (χ0) is 14.3. The van der Waals surface area contributed by atoms with E-state index in [-0.39, 0.29) is 6.04 Å². The number of sulfonamides is 1. The molecule has 2 aromatic rings. The highest BCUT2D eigenvalue weighted by Gasteiger charge is 2.31. The third-order valence-corrected chi connectivity index (χ3v) is 6.20. The molecule has 108 valence electrons. The Bertz CT molecular complexity index is 693. The summed E-state index contributed by atoms with van der Waals surface area (Å²) in [5, 5.41) is 0.982. The van der Waals surface area contributed by atoms with Crippen molar-refractivity contribution in [2.24, 2.45) is 0 Å². The van der Waals surface area contributed by atoms with Crippen molar-refractivity contribution >= 4 is 36.7 Å². The number of nitrogens with zero attached hydrogens (tertiary/aromatic N) is 3. The van der Waals surface area contributed by atoms with Crippen LogP contribution in [0.25, 0.3) is 10.2 Å². The van der Waals surface area contributed by atoms with E-state index in [0.29, 0.717) is 6.54 Å². The average Bonchev–Trinajstić information content (AvgIpc) is 3.03. The van der Waals surface area contributed by atoms with Gasteiger partial charge in [-0.15, -0.1) is 0 Å². The van der Waals surface area contributed by atoms with Crippen LogP contribution in [-0.4, -0.2) is 50.1 Å². The molecule has 3 rings (SSSR count). The molecular formula is C13H17N3O2S2. The maximum absolute atomic E-state index is 11.6. The summed E-state index contributed by atoms with van der Waals surface area (Å²) in [5.74, 6) is 0. The third kappa shape index (κ3) is 2.53. The number of hydrogen-bond acceptors (Lipinski definition) is 5. The number of hydrogen-bond donors (Lipinski definition) is 0. The molecule has 2 heterocycles. The lowest BCUT2D eigenvalue weighted by atomic mass is 10.3. The first kappa shape index (κ1) is 13.8. The molecule has 1 aliphatic rings. The van der Waals surface area contributed by atoms with Crippen molar-refractivity contribution in [1.82, 2.24) is 9.29 Å². The Labute approximate surface area is 122 Å². The molecule has 0 radical (unpaired) electrons. The number of thiazole rings is 1. The zero-order valence-electron chi connectivity index (χ0n) is 11.5. The number of rotatable bonds is 3. The molecule has 1 aliphatic heterocycles. The van der Waals surface area contributed by atoms with E-state index in [9.17, 15) is 8.42 Å². The van der Waals surface area contributed by atoms with Crippen LogP contribution in [0.15, 0.2) is 24.3 Å². The van der Waals surface area contributed by atoms with Crippen LogP contribution in [0.4, 0.5) is 5.13 Å². The summed E-state index contributed by atoms with van der Waals surface area (Å²) >= 11 is 1.66. The lowest BCUT2D eigenvalue weighted by molar-refractivity contribution is 0.393. The molecule has 20 heavy (non-hydrogen) atoms. The fraction of sp³-hybridized carbons (Fsp3) is 0.462. The molecule has 0 amide bonds. The minimum Gasteiger partial charge on any atom is -0.346 e. The fourth-order valence-electron chi connectivity index (χ4n) is 2.48. The minimum absolute atomic E-state index is 0.0389. The monoisotopic (exact) mass is 311 g/mol. The van der Waals surface area contributed by atoms with Gasteiger partial charge in [0, 0.05) is 26.2 Å². The number of benzene rings is 1. The first-order valence-electron chi connectivity index (χ1n) is 6.48. The van der Waals surface area contributed by atoms with Crippen LogP contribution in [-0.2, 0) is 10.0 Å². The van der Waals surface area contributed by atoms with Gasteiger partial charge in [-0.05, 0) is 18.6 Å². The largest absolute Gasteiger partial charge is 0.346 e. The quantitative estimate of drug-likeness (QED) is 0.867. The molecule has 1 atom stereocenters. The summed E-state index contributed by atoms with van der Waals surface area (Å²) in [7, 11) is -1.47. The average molecular weight is 311 g/mol. The van der Waals surface area contributed by atoms with Gasteiger partial charge >= 0.3 is 0 Å². The highest BCUT2D eigenvalue weighted by atomic mass is 32.2. The van der Waals surface area contributed by atoms with Gasteiger partial charge in [0.25, 0.3) is 0 Å². The summed E-state index contributed by atoms with van der Waals surface area (Å²) in [6.45, 7) is 1.56. The van der Waals surface area contributed by atoms with Crippen molar-refractivity contribution < 1.29 is 8.42 Å². The number of fused-ring (bicyclic) bond motifs is 1. The van der Waals surface area contributed by atoms with Crippen molar-refractivity contribution in [3.63, 3.8) is 0 Å². The lowest BCUT2D eigenvalue weighted by Gasteiger charge is -2.22. The van der Waals surface area contributed by atoms with E-state index >= 15 is 0 Å². The molecule has 0 bridgehead atoms. The lowest BCUT2D eigenvalue weighted by Crippen LogP contribution is -2.38. The highest BCUT2D eigenvalue weighted by molar-refractivity contribution is 7.88. The van der Waals surface area contributed by atoms with Crippen LogP contribution in [0.1, 0.15) is 6.42 Å². The highest BCUT2D eigenvalue weighted by Crippen LogP contribution is 2.31. The van der Waals surface area contributed by atoms with Gasteiger partial charge in [-0.1, -0.05) is 23.5 Å². The van der Waals surface area contributed by atoms with Crippen molar-refractivity contribution in [3.05, 3.63) is 24.3 Å². The molecule has 7 heteroatoms. The van der Waals surface area contributed by atoms with Gasteiger partial charge in [0.15, 0.2) is 5.13 Å². The van der Waals surface area contributed by atoms with Crippen molar-refractivity contribution in [2.75, 3.05) is 31.3 Å². The third-order valence-electron chi connectivity index (χ3n) is 3.75. The molecule has 1 aromatic heterocycles. The summed E-state index contributed by atoms with van der Waals surface area (Å²) in [5.41, 5.74) is 1.01. The minimum atomic E-state index is -3.13. The molecular weight excluding hydrogens is 294 g/mol. The van der Waals surface area contributed by atoms with Gasteiger partial charge in [-0.25, -0.2) is 17.7 Å². The van der Waals surface area contributed by atoms with E-state index in [4.69, 9.17) is 0 Å². The molecule has 0 spiro atoms. The Morgan fingerprint density at radius 2 is 2.15 bits per heavy atom. The van der Waals surface area contributed by atoms with Crippen molar-refractivity contribution in [3.8, 4) is 0 Å². The van der Waals surface area contributed by atoms with E-state index in [1.807, 2.05) is 18.2 Å². The van der Waals surface area contributed by atoms with Gasteiger partial charge in [0.05, 0.1) is 16.5 Å². The fourth-order valence-corrected chi connectivity index (χ4v) is 4.19. The number of aromatic nitrogens is 1. The zero-order valence-corrected chi connectivity index (χ0v) is 13.1. The van der Waals surface area contributed by atoms with Crippen molar-refractivity contribution in [1.29, 1.82) is 0 Å². The molecule has 5 nitrogen and oxygen atoms in total. The Hall–Kier alpha value is -1.18. The Balaban J connectivity index is 1.80. The molecule has 0 saturated carbocycles. The second-order valence-corrected chi connectivity index (χ2v) is 8.18. The normalized spacial score (nSPS) is 20.1. The summed E-state index contributed by atoms with van der Waals surface area (Å²) in [4.78, 5) is 6.80. The predicted octanol–water partition coefficient (Wildman–Crippen LogP) is 1.77. The van der Waals surface area contributed by atoms with Crippen molar-refractivity contribution in [2.45, 2.75) is 12.5 Å². The van der Waals surface area contributed by atoms with Crippen LogP contribution in [0.2, 0.25) is 0 Å². The van der Waals surface area contributed by atoms with E-state index in [1.54, 1.807) is 18.4 Å². The Morgan fingerprint density at radius 1 is 1.40 bits per heavy atom. The topological polar surface area (TPSA) is 53.5 Å². The first-order valence-corrected chi connectivity index (χ1v) is 9.15. The van der Waals surface area contributed by atoms with Gasteiger partial charge in [0.1, 0.15) is 0 Å². The molecule has 1 unspecified atom stereocenters. The first-order chi connectivity index (χ1) is 9.45. The molecule has 1 fully saturated rings. The van der Waals surface area contributed by atoms with Crippen LogP contribution < -0.4 is 4.90 Å². The smallest absolute Gasteiger partial charge is 0.211 e. The van der Waals surface area contributed by atoms with Crippen LogP contribution >= 0.6 is 11.3 Å². The molecule has 0 N–H and O–H groups in total. The SMILES string of the molecule is CN(C1CCN(c2nc3ccccc3s2)C1)S(C)(=O)=O. The van der Waals surface area contributed by atoms with Gasteiger partial charge in [0.2, 0.25) is 10.0 Å². The van der Waals surface area contributed by atoms with E-state index in [2.05, 4.69) is 16.0 Å². The van der Waals surface area contributed by atoms with E-state index in [0.717, 1.165) is 23.6 Å². The van der Waals surface area contributed by atoms with E-state index in [1.165, 1.54) is 15.3 Å². The van der Waals surface area contributed by atoms with Gasteiger partial charge in [-0.3, -0.25) is 0 Å². The maximum Gasteiger partial charge on any atom is 0.211 e. The number of para-hydroxylation sites is 1. The predicted molar refractivity (Wildman–Crippen MR) is 82.8 cm³/mol. The van der Waals surface area contributed by atoms with Crippen LogP contribution in [0.3, 0.4) is 0 Å². The second kappa shape index (κ2) is 4.98. The Kier molecular flexibility index (Phi) is 3.43. The number of likely N-dealkylation sites (N-methyl/N-ethyl adjacent to an activating group) is 1. The van der Waals surface area contributed by atoms with Gasteiger partial charge in [-0.2, -0.15) is 0 Å². The molecule has 0 aliphatic carbocycles. The van der Waals surface area contributed by atoms with E-state index < -0.39 is 10.0 Å². The standard InChI is InChI=1S/C13H17N3O2S2/c1-15(20(2,17)18)10-7-8-16(9-10)13-14-11-5-3-4-6-12(11)19-13/h3-6,10H,7-9H2,1-2H3. The Morgan fingerprint density at radius 3 is 2.85 bits per heavy atom. The van der Waals surface area contributed by atoms with Crippen LogP contribution in [0, 0.1) is 0 Å². The summed E-state index contributed by atoms with van der Waals surface area (Å²) in [6.07, 6.45) is 2.10.